The third-order valence-corrected chi connectivity index (χ3v) is 3.86. The number of aromatic nitrogens is 1. The van der Waals surface area contributed by atoms with Crippen molar-refractivity contribution in [2.75, 3.05) is 13.2 Å². The molecule has 1 N–H and O–H groups in total. The second kappa shape index (κ2) is 6.68. The molecule has 3 aromatic rings. The molecule has 0 fully saturated rings. The van der Waals surface area contributed by atoms with E-state index in [0.717, 1.165) is 11.3 Å². The van der Waals surface area contributed by atoms with Gasteiger partial charge in [-0.1, -0.05) is 35.5 Å². The van der Waals surface area contributed by atoms with Crippen molar-refractivity contribution in [1.82, 2.24) is 10.5 Å². The zero-order valence-corrected chi connectivity index (χ0v) is 13.4. The van der Waals surface area contributed by atoms with Gasteiger partial charge in [-0.3, -0.25) is 4.79 Å². The molecule has 0 saturated carbocycles. The van der Waals surface area contributed by atoms with Crippen LogP contribution in [-0.2, 0) is 6.54 Å². The molecule has 1 amide bonds. The Morgan fingerprint density at radius 3 is 2.64 bits per heavy atom. The summed E-state index contributed by atoms with van der Waals surface area (Å²) in [5.74, 6) is 1.62. The van der Waals surface area contributed by atoms with E-state index in [1.165, 1.54) is 0 Å². The first-order valence-corrected chi connectivity index (χ1v) is 7.98. The number of carbonyl (C=O) groups excluding carboxylic acids is 1. The smallest absolute Gasteiger partial charge is 0.251 e. The fraction of sp³-hybridized carbons (Fsp3) is 0.158. The molecule has 1 aliphatic rings. The van der Waals surface area contributed by atoms with Crippen LogP contribution in [0, 0.1) is 0 Å². The minimum Gasteiger partial charge on any atom is -0.486 e. The van der Waals surface area contributed by atoms with Gasteiger partial charge >= 0.3 is 0 Å². The molecule has 1 aromatic heterocycles. The van der Waals surface area contributed by atoms with Gasteiger partial charge in [0.15, 0.2) is 17.3 Å². The van der Waals surface area contributed by atoms with Crippen molar-refractivity contribution in [1.29, 1.82) is 0 Å². The first-order valence-electron chi connectivity index (χ1n) is 7.98. The topological polar surface area (TPSA) is 73.6 Å². The Balaban J connectivity index is 1.41. The summed E-state index contributed by atoms with van der Waals surface area (Å²) in [6, 6.07) is 16.7. The summed E-state index contributed by atoms with van der Waals surface area (Å²) in [5, 5.41) is 6.85. The third kappa shape index (κ3) is 3.33. The van der Waals surface area contributed by atoms with Crippen LogP contribution in [0.1, 0.15) is 16.1 Å². The minimum absolute atomic E-state index is 0.213. The molecule has 6 heteroatoms. The number of fused-ring (bicyclic) bond motifs is 1. The van der Waals surface area contributed by atoms with Crippen molar-refractivity contribution in [3.8, 4) is 22.8 Å². The van der Waals surface area contributed by atoms with Crippen LogP contribution in [0.3, 0.4) is 0 Å². The summed E-state index contributed by atoms with van der Waals surface area (Å²) in [6.07, 6.45) is 0. The Morgan fingerprint density at radius 2 is 1.80 bits per heavy atom. The predicted octanol–water partition coefficient (Wildman–Crippen LogP) is 3.04. The molecule has 4 rings (SSSR count). The van der Waals surface area contributed by atoms with Crippen LogP contribution in [-0.4, -0.2) is 24.3 Å². The van der Waals surface area contributed by atoms with Gasteiger partial charge < -0.3 is 19.3 Å². The van der Waals surface area contributed by atoms with Crippen LogP contribution in [0.5, 0.6) is 11.5 Å². The van der Waals surface area contributed by atoms with E-state index in [1.807, 2.05) is 36.4 Å². The van der Waals surface area contributed by atoms with Crippen molar-refractivity contribution in [2.45, 2.75) is 6.54 Å². The minimum atomic E-state index is -0.213. The Labute approximate surface area is 144 Å². The number of hydrogen-bond donors (Lipinski definition) is 1. The first-order chi connectivity index (χ1) is 12.3. The Hall–Kier alpha value is -3.28. The second-order valence-electron chi connectivity index (χ2n) is 5.59. The highest BCUT2D eigenvalue weighted by molar-refractivity contribution is 5.94. The molecule has 126 valence electrons. The number of benzene rings is 2. The van der Waals surface area contributed by atoms with Gasteiger partial charge in [-0.25, -0.2) is 0 Å². The molecular weight excluding hydrogens is 320 g/mol. The van der Waals surface area contributed by atoms with Gasteiger partial charge in [-0.15, -0.1) is 0 Å². The summed E-state index contributed by atoms with van der Waals surface area (Å²) in [5.41, 5.74) is 2.21. The highest BCUT2D eigenvalue weighted by Crippen LogP contribution is 2.30. The zero-order valence-electron chi connectivity index (χ0n) is 13.4. The molecule has 0 bridgehead atoms. The molecule has 0 radical (unpaired) electrons. The van der Waals surface area contributed by atoms with Crippen LogP contribution < -0.4 is 14.8 Å². The normalized spacial score (nSPS) is 12.6. The summed E-state index contributed by atoms with van der Waals surface area (Å²) >= 11 is 0. The van der Waals surface area contributed by atoms with E-state index in [4.69, 9.17) is 14.0 Å². The number of nitrogens with one attached hydrogen (secondary N) is 1. The van der Waals surface area contributed by atoms with Crippen LogP contribution >= 0.6 is 0 Å². The number of hydrogen-bond acceptors (Lipinski definition) is 5. The average molecular weight is 336 g/mol. The standard InChI is InChI=1S/C19H16N2O4/c22-19(14-6-7-17-18(10-14)24-9-8-23-17)20-12-15-11-16(21-25-15)13-4-2-1-3-5-13/h1-7,10-11H,8-9,12H2,(H,20,22). The number of ether oxygens (including phenoxy) is 2. The molecule has 2 aromatic carbocycles. The monoisotopic (exact) mass is 336 g/mol. The lowest BCUT2D eigenvalue weighted by molar-refractivity contribution is 0.0946. The van der Waals surface area contributed by atoms with Crippen molar-refractivity contribution in [3.63, 3.8) is 0 Å². The van der Waals surface area contributed by atoms with Gasteiger partial charge in [-0.2, -0.15) is 0 Å². The number of amides is 1. The van der Waals surface area contributed by atoms with Crippen LogP contribution in [0.15, 0.2) is 59.1 Å². The summed E-state index contributed by atoms with van der Waals surface area (Å²) < 4.78 is 16.2. The number of nitrogens with zero attached hydrogens (tertiary/aromatic N) is 1. The van der Waals surface area contributed by atoms with Crippen LogP contribution in [0.4, 0.5) is 0 Å². The Kier molecular flexibility index (Phi) is 4.08. The van der Waals surface area contributed by atoms with Gasteiger partial charge in [0.1, 0.15) is 18.9 Å². The van der Waals surface area contributed by atoms with Gasteiger partial charge in [0.25, 0.3) is 5.91 Å². The quantitative estimate of drug-likeness (QED) is 0.793. The Bertz CT molecular complexity index is 889. The number of rotatable bonds is 4. The second-order valence-corrected chi connectivity index (χ2v) is 5.59. The van der Waals surface area contributed by atoms with Crippen molar-refractivity contribution >= 4 is 5.91 Å². The largest absolute Gasteiger partial charge is 0.486 e. The maximum absolute atomic E-state index is 12.3. The molecule has 0 atom stereocenters. The number of carbonyl (C=O) groups is 1. The summed E-state index contributed by atoms with van der Waals surface area (Å²) in [7, 11) is 0. The van der Waals surface area contributed by atoms with E-state index >= 15 is 0 Å². The molecule has 0 saturated heterocycles. The zero-order chi connectivity index (χ0) is 17.1. The lowest BCUT2D eigenvalue weighted by Gasteiger charge is -2.18. The average Bonchev–Trinajstić information content (AvgIpc) is 3.15. The van der Waals surface area contributed by atoms with Crippen molar-refractivity contribution in [2.24, 2.45) is 0 Å². The lowest BCUT2D eigenvalue weighted by atomic mass is 10.1. The van der Waals surface area contributed by atoms with Gasteiger partial charge in [-0.05, 0) is 18.2 Å². The Morgan fingerprint density at radius 1 is 1.00 bits per heavy atom. The maximum atomic E-state index is 12.3. The lowest BCUT2D eigenvalue weighted by Crippen LogP contribution is -2.23. The summed E-state index contributed by atoms with van der Waals surface area (Å²) in [6.45, 7) is 1.26. The molecule has 1 aliphatic heterocycles. The molecule has 0 spiro atoms. The predicted molar refractivity (Wildman–Crippen MR) is 90.5 cm³/mol. The van der Waals surface area contributed by atoms with E-state index in [1.54, 1.807) is 18.2 Å². The maximum Gasteiger partial charge on any atom is 0.251 e. The highest BCUT2D eigenvalue weighted by Gasteiger charge is 2.15. The van der Waals surface area contributed by atoms with E-state index in [0.29, 0.717) is 36.0 Å². The molecule has 25 heavy (non-hydrogen) atoms. The van der Waals surface area contributed by atoms with Crippen molar-refractivity contribution < 1.29 is 18.8 Å². The molecule has 0 aliphatic carbocycles. The molecule has 0 unspecified atom stereocenters. The van der Waals surface area contributed by atoms with E-state index < -0.39 is 0 Å². The molecule has 2 heterocycles. The van der Waals surface area contributed by atoms with Crippen LogP contribution in [0.2, 0.25) is 0 Å². The molecule has 6 nitrogen and oxygen atoms in total. The van der Waals surface area contributed by atoms with Crippen LogP contribution in [0.25, 0.3) is 11.3 Å². The van der Waals surface area contributed by atoms with E-state index in [-0.39, 0.29) is 12.5 Å². The van der Waals surface area contributed by atoms with E-state index in [9.17, 15) is 4.79 Å². The fourth-order valence-corrected chi connectivity index (χ4v) is 2.60. The van der Waals surface area contributed by atoms with Gasteiger partial charge in [0.2, 0.25) is 0 Å². The third-order valence-electron chi connectivity index (χ3n) is 3.86. The fourth-order valence-electron chi connectivity index (χ4n) is 2.60. The first kappa shape index (κ1) is 15.3. The molecular formula is C19H16N2O4. The summed E-state index contributed by atoms with van der Waals surface area (Å²) in [4.78, 5) is 12.3. The van der Waals surface area contributed by atoms with E-state index in [2.05, 4.69) is 10.5 Å². The van der Waals surface area contributed by atoms with Gasteiger partial charge in [0.05, 0.1) is 6.54 Å². The van der Waals surface area contributed by atoms with Gasteiger partial charge in [0, 0.05) is 17.2 Å². The highest BCUT2D eigenvalue weighted by atomic mass is 16.6. The SMILES string of the molecule is O=C(NCc1cc(-c2ccccc2)no1)c1ccc2c(c1)OCCO2. The van der Waals surface area contributed by atoms with Crippen molar-refractivity contribution in [3.05, 3.63) is 65.9 Å².